The Kier molecular flexibility index (Phi) is 2.68. The van der Waals surface area contributed by atoms with Gasteiger partial charge in [-0.1, -0.05) is 11.3 Å². The number of aromatic nitrogens is 1. The van der Waals surface area contributed by atoms with Crippen molar-refractivity contribution in [3.8, 4) is 0 Å². The molecular weight excluding hydrogens is 250 g/mol. The highest BCUT2D eigenvalue weighted by Gasteiger charge is 2.25. The summed E-state index contributed by atoms with van der Waals surface area (Å²) in [5.41, 5.74) is 7.08. The normalized spacial score (nSPS) is 19.6. The fraction of sp³-hybridized carbons (Fsp3) is 0.333. The van der Waals surface area contributed by atoms with Crippen molar-refractivity contribution in [1.29, 1.82) is 0 Å². The number of β-amino-alcohol motifs (C(OH)–C–C–N with tert-alkyl or cyclic N) is 1. The first-order valence-corrected chi connectivity index (χ1v) is 6.58. The monoisotopic (exact) mass is 263 g/mol. The van der Waals surface area contributed by atoms with Crippen molar-refractivity contribution in [2.45, 2.75) is 12.5 Å². The number of rotatable bonds is 1. The number of thiazole rings is 1. The summed E-state index contributed by atoms with van der Waals surface area (Å²) in [6, 6.07) is 5.38. The van der Waals surface area contributed by atoms with Crippen molar-refractivity contribution >= 4 is 32.6 Å². The van der Waals surface area contributed by atoms with Gasteiger partial charge < -0.3 is 15.7 Å². The average Bonchev–Trinajstić information content (AvgIpc) is 2.92. The van der Waals surface area contributed by atoms with Crippen LogP contribution in [0.3, 0.4) is 0 Å². The summed E-state index contributed by atoms with van der Waals surface area (Å²) in [6.45, 7) is 1.03. The standard InChI is InChI=1S/C12H13N3O2S/c13-12-14-9-2-1-7(5-10(9)18-12)11(17)15-4-3-8(16)6-15/h1-2,5,8,16H,3-4,6H2,(H2,13,14)/t8-/m0/s1. The molecule has 1 atom stereocenters. The van der Waals surface area contributed by atoms with Gasteiger partial charge in [0.05, 0.1) is 16.3 Å². The van der Waals surface area contributed by atoms with Crippen LogP contribution in [-0.2, 0) is 0 Å². The average molecular weight is 263 g/mol. The molecule has 0 saturated carbocycles. The lowest BCUT2D eigenvalue weighted by Crippen LogP contribution is -2.29. The van der Waals surface area contributed by atoms with E-state index in [0.29, 0.717) is 30.2 Å². The Labute approximate surface area is 108 Å². The van der Waals surface area contributed by atoms with Gasteiger partial charge in [0.25, 0.3) is 5.91 Å². The molecule has 3 rings (SSSR count). The number of anilines is 1. The second-order valence-electron chi connectivity index (χ2n) is 4.43. The maximum atomic E-state index is 12.2. The van der Waals surface area contributed by atoms with Gasteiger partial charge in [-0.15, -0.1) is 0 Å². The molecule has 1 aliphatic rings. The summed E-state index contributed by atoms with van der Waals surface area (Å²) < 4.78 is 0.915. The molecule has 1 aromatic heterocycles. The molecule has 0 unspecified atom stereocenters. The van der Waals surface area contributed by atoms with E-state index in [4.69, 9.17) is 5.73 Å². The van der Waals surface area contributed by atoms with Gasteiger partial charge in [-0.2, -0.15) is 0 Å². The molecule has 1 fully saturated rings. The molecule has 18 heavy (non-hydrogen) atoms. The van der Waals surface area contributed by atoms with Gasteiger partial charge in [0, 0.05) is 18.7 Å². The first kappa shape index (κ1) is 11.4. The fourth-order valence-corrected chi connectivity index (χ4v) is 2.96. The quantitative estimate of drug-likeness (QED) is 0.807. The largest absolute Gasteiger partial charge is 0.391 e. The first-order chi connectivity index (χ1) is 8.63. The Morgan fingerprint density at radius 3 is 3.11 bits per heavy atom. The second kappa shape index (κ2) is 4.22. The molecular formula is C12H13N3O2S. The van der Waals surface area contributed by atoms with E-state index < -0.39 is 6.10 Å². The lowest BCUT2D eigenvalue weighted by atomic mass is 10.2. The van der Waals surface area contributed by atoms with E-state index in [-0.39, 0.29) is 5.91 Å². The summed E-state index contributed by atoms with van der Waals surface area (Å²) in [5.74, 6) is -0.0413. The van der Waals surface area contributed by atoms with Gasteiger partial charge in [-0.25, -0.2) is 4.98 Å². The van der Waals surface area contributed by atoms with E-state index in [0.717, 1.165) is 10.2 Å². The minimum absolute atomic E-state index is 0.0413. The van der Waals surface area contributed by atoms with Crippen LogP contribution >= 0.6 is 11.3 Å². The summed E-state index contributed by atoms with van der Waals surface area (Å²) in [6.07, 6.45) is 0.262. The Balaban J connectivity index is 1.91. The van der Waals surface area contributed by atoms with E-state index in [1.165, 1.54) is 11.3 Å². The minimum Gasteiger partial charge on any atom is -0.391 e. The smallest absolute Gasteiger partial charge is 0.253 e. The number of aliphatic hydroxyl groups excluding tert-OH is 1. The molecule has 5 nitrogen and oxygen atoms in total. The van der Waals surface area contributed by atoms with Crippen LogP contribution in [0.5, 0.6) is 0 Å². The van der Waals surface area contributed by atoms with E-state index in [1.54, 1.807) is 11.0 Å². The van der Waals surface area contributed by atoms with E-state index in [2.05, 4.69) is 4.98 Å². The molecule has 1 saturated heterocycles. The number of benzene rings is 1. The number of nitrogens with two attached hydrogens (primary N) is 1. The first-order valence-electron chi connectivity index (χ1n) is 5.77. The summed E-state index contributed by atoms with van der Waals surface area (Å²) in [4.78, 5) is 18.0. The van der Waals surface area contributed by atoms with E-state index in [9.17, 15) is 9.90 Å². The zero-order chi connectivity index (χ0) is 12.7. The highest BCUT2D eigenvalue weighted by molar-refractivity contribution is 7.22. The number of nitrogen functional groups attached to an aromatic ring is 1. The van der Waals surface area contributed by atoms with Gasteiger partial charge >= 0.3 is 0 Å². The predicted octanol–water partition coefficient (Wildman–Crippen LogP) is 1.09. The van der Waals surface area contributed by atoms with Crippen molar-refractivity contribution in [3.63, 3.8) is 0 Å². The molecule has 94 valence electrons. The number of hydrogen-bond donors (Lipinski definition) is 2. The number of likely N-dealkylation sites (tertiary alicyclic amines) is 1. The fourth-order valence-electron chi connectivity index (χ4n) is 2.18. The second-order valence-corrected chi connectivity index (χ2v) is 5.49. The molecule has 0 radical (unpaired) electrons. The van der Waals surface area contributed by atoms with Crippen LogP contribution < -0.4 is 5.73 Å². The molecule has 0 aliphatic carbocycles. The molecule has 0 bridgehead atoms. The van der Waals surface area contributed by atoms with Crippen LogP contribution in [0.25, 0.3) is 10.2 Å². The Hall–Kier alpha value is -1.66. The van der Waals surface area contributed by atoms with Crippen LogP contribution in [0.2, 0.25) is 0 Å². The van der Waals surface area contributed by atoms with Crippen molar-refractivity contribution in [3.05, 3.63) is 23.8 Å². The van der Waals surface area contributed by atoms with Gasteiger partial charge in [0.15, 0.2) is 5.13 Å². The lowest BCUT2D eigenvalue weighted by molar-refractivity contribution is 0.0765. The van der Waals surface area contributed by atoms with Crippen LogP contribution in [0.1, 0.15) is 16.8 Å². The van der Waals surface area contributed by atoms with Crippen LogP contribution in [0.15, 0.2) is 18.2 Å². The highest BCUT2D eigenvalue weighted by atomic mass is 32.1. The Morgan fingerprint density at radius 1 is 1.56 bits per heavy atom. The third-order valence-electron chi connectivity index (χ3n) is 3.10. The van der Waals surface area contributed by atoms with Crippen molar-refractivity contribution < 1.29 is 9.90 Å². The Bertz CT molecular complexity index is 610. The molecule has 2 heterocycles. The minimum atomic E-state index is -0.392. The molecule has 0 spiro atoms. The Morgan fingerprint density at radius 2 is 2.39 bits per heavy atom. The highest BCUT2D eigenvalue weighted by Crippen LogP contribution is 2.25. The topological polar surface area (TPSA) is 79.5 Å². The van der Waals surface area contributed by atoms with Gasteiger partial charge in [-0.05, 0) is 24.6 Å². The third-order valence-corrected chi connectivity index (χ3v) is 3.95. The van der Waals surface area contributed by atoms with E-state index >= 15 is 0 Å². The number of nitrogens with zero attached hydrogens (tertiary/aromatic N) is 2. The summed E-state index contributed by atoms with van der Waals surface area (Å²) in [7, 11) is 0. The maximum absolute atomic E-state index is 12.2. The van der Waals surface area contributed by atoms with Crippen LogP contribution in [-0.4, -0.2) is 40.1 Å². The zero-order valence-corrected chi connectivity index (χ0v) is 10.5. The molecule has 6 heteroatoms. The van der Waals surface area contributed by atoms with Crippen LogP contribution in [0, 0.1) is 0 Å². The van der Waals surface area contributed by atoms with Gasteiger partial charge in [-0.3, -0.25) is 4.79 Å². The third kappa shape index (κ3) is 1.93. The number of amides is 1. The van der Waals surface area contributed by atoms with Crippen LogP contribution in [0.4, 0.5) is 5.13 Å². The number of carbonyl (C=O) groups is 1. The van der Waals surface area contributed by atoms with Crippen molar-refractivity contribution in [2.75, 3.05) is 18.8 Å². The number of carbonyl (C=O) groups excluding carboxylic acids is 1. The molecule has 1 aromatic carbocycles. The number of fused-ring (bicyclic) bond motifs is 1. The molecule has 1 aliphatic heterocycles. The molecule has 2 aromatic rings. The van der Waals surface area contributed by atoms with Crippen molar-refractivity contribution in [2.24, 2.45) is 0 Å². The summed E-state index contributed by atoms with van der Waals surface area (Å²) >= 11 is 1.37. The number of hydrogen-bond acceptors (Lipinski definition) is 5. The molecule has 1 amide bonds. The number of aliphatic hydroxyl groups is 1. The predicted molar refractivity (Wildman–Crippen MR) is 70.6 cm³/mol. The maximum Gasteiger partial charge on any atom is 0.253 e. The van der Waals surface area contributed by atoms with Gasteiger partial charge in [0.2, 0.25) is 0 Å². The van der Waals surface area contributed by atoms with E-state index in [1.807, 2.05) is 12.1 Å². The zero-order valence-electron chi connectivity index (χ0n) is 9.67. The summed E-state index contributed by atoms with van der Waals surface area (Å²) in [5, 5.41) is 9.96. The lowest BCUT2D eigenvalue weighted by Gasteiger charge is -2.15. The van der Waals surface area contributed by atoms with Crippen molar-refractivity contribution in [1.82, 2.24) is 9.88 Å². The van der Waals surface area contributed by atoms with Gasteiger partial charge in [0.1, 0.15) is 0 Å². The molecule has 3 N–H and O–H groups in total. The SMILES string of the molecule is Nc1nc2ccc(C(=O)N3CC[C@H](O)C3)cc2s1.